The van der Waals surface area contributed by atoms with Gasteiger partial charge >= 0.3 is 6.61 Å². The van der Waals surface area contributed by atoms with Crippen molar-refractivity contribution in [3.8, 4) is 17.2 Å². The Labute approximate surface area is 161 Å². The largest absolute Gasteiger partial charge is 0.493 e. The first-order valence-corrected chi connectivity index (χ1v) is 8.59. The topological polar surface area (TPSA) is 52.5 Å². The molecule has 0 aliphatic heterocycles. The summed E-state index contributed by atoms with van der Waals surface area (Å²) in [5.41, 5.74) is 3.46. The number of nitrogens with one attached hydrogen (secondary N) is 1. The third kappa shape index (κ3) is 3.98. The lowest BCUT2D eigenvalue weighted by Crippen LogP contribution is -2.13. The average Bonchev–Trinajstić information content (AvgIpc) is 2.96. The number of para-hydroxylation sites is 1. The van der Waals surface area contributed by atoms with E-state index in [9.17, 15) is 13.6 Å². The number of carbonyl (C=O) groups excluding carboxylic acids is 1. The zero-order chi connectivity index (χ0) is 20.3. The summed E-state index contributed by atoms with van der Waals surface area (Å²) < 4.78 is 36.6. The maximum absolute atomic E-state index is 12.8. The Morgan fingerprint density at radius 2 is 1.75 bits per heavy atom. The number of benzene rings is 2. The zero-order valence-electron chi connectivity index (χ0n) is 15.7. The Bertz CT molecular complexity index is 985. The van der Waals surface area contributed by atoms with Crippen molar-refractivity contribution < 1.29 is 23.0 Å². The van der Waals surface area contributed by atoms with Crippen LogP contribution in [0, 0.1) is 13.8 Å². The van der Waals surface area contributed by atoms with E-state index in [0.29, 0.717) is 11.3 Å². The van der Waals surface area contributed by atoms with Crippen molar-refractivity contribution in [2.45, 2.75) is 20.5 Å². The molecule has 1 heterocycles. The first kappa shape index (κ1) is 19.4. The molecule has 1 N–H and O–H groups in total. The van der Waals surface area contributed by atoms with Gasteiger partial charge in [0.05, 0.1) is 12.7 Å². The number of hydrogen-bond donors (Lipinski definition) is 1. The number of methoxy groups -OCH3 is 1. The van der Waals surface area contributed by atoms with Crippen molar-refractivity contribution in [2.75, 3.05) is 12.4 Å². The van der Waals surface area contributed by atoms with Crippen molar-refractivity contribution in [1.29, 1.82) is 0 Å². The smallest absolute Gasteiger partial charge is 0.387 e. The molecule has 1 aromatic heterocycles. The van der Waals surface area contributed by atoms with E-state index in [2.05, 4.69) is 10.1 Å². The lowest BCUT2D eigenvalue weighted by Gasteiger charge is -2.12. The fraction of sp³-hybridized carbons (Fsp3) is 0.190. The summed E-state index contributed by atoms with van der Waals surface area (Å²) in [5.74, 6) is -0.339. The van der Waals surface area contributed by atoms with E-state index < -0.39 is 6.61 Å². The van der Waals surface area contributed by atoms with E-state index in [1.54, 1.807) is 12.1 Å². The standard InChI is InChI=1S/C21H20F2N2O3/c1-13-11-17(14(2)25(13)16-7-5-4-6-8-16)20(26)24-15-9-10-18(27-3)19(12-15)28-21(22)23/h4-12,21H,1-3H3,(H,24,26). The Morgan fingerprint density at radius 1 is 1.04 bits per heavy atom. The quantitative estimate of drug-likeness (QED) is 0.652. The third-order valence-electron chi connectivity index (χ3n) is 4.33. The van der Waals surface area contributed by atoms with Crippen molar-refractivity contribution in [3.63, 3.8) is 0 Å². The van der Waals surface area contributed by atoms with Crippen LogP contribution in [0.2, 0.25) is 0 Å². The number of amides is 1. The average molecular weight is 386 g/mol. The molecular formula is C21H20F2N2O3. The number of halogens is 2. The predicted octanol–water partition coefficient (Wildman–Crippen LogP) is 4.96. The Morgan fingerprint density at radius 3 is 2.39 bits per heavy atom. The maximum atomic E-state index is 12.8. The summed E-state index contributed by atoms with van der Waals surface area (Å²) in [6.07, 6.45) is 0. The van der Waals surface area contributed by atoms with Crippen LogP contribution in [-0.4, -0.2) is 24.2 Å². The second-order valence-electron chi connectivity index (χ2n) is 6.15. The lowest BCUT2D eigenvalue weighted by atomic mass is 10.2. The first-order chi connectivity index (χ1) is 13.4. The van der Waals surface area contributed by atoms with Gasteiger partial charge in [0, 0.05) is 28.8 Å². The normalized spacial score (nSPS) is 10.8. The van der Waals surface area contributed by atoms with Crippen LogP contribution in [0.4, 0.5) is 14.5 Å². The van der Waals surface area contributed by atoms with Crippen LogP contribution in [0.3, 0.4) is 0 Å². The number of hydrogen-bond acceptors (Lipinski definition) is 3. The van der Waals surface area contributed by atoms with E-state index in [1.807, 2.05) is 48.7 Å². The van der Waals surface area contributed by atoms with Gasteiger partial charge in [-0.2, -0.15) is 8.78 Å². The van der Waals surface area contributed by atoms with E-state index in [-0.39, 0.29) is 17.4 Å². The van der Waals surface area contributed by atoms with Crippen molar-refractivity contribution in [3.05, 3.63) is 71.5 Å². The second-order valence-corrected chi connectivity index (χ2v) is 6.15. The Kier molecular flexibility index (Phi) is 5.63. The zero-order valence-corrected chi connectivity index (χ0v) is 15.7. The highest BCUT2D eigenvalue weighted by atomic mass is 19.3. The molecule has 0 fully saturated rings. The van der Waals surface area contributed by atoms with Gasteiger partial charge in [0.1, 0.15) is 0 Å². The van der Waals surface area contributed by atoms with E-state index in [1.165, 1.54) is 19.2 Å². The highest BCUT2D eigenvalue weighted by molar-refractivity contribution is 6.05. The first-order valence-electron chi connectivity index (χ1n) is 8.59. The van der Waals surface area contributed by atoms with E-state index in [0.717, 1.165) is 17.1 Å². The summed E-state index contributed by atoms with van der Waals surface area (Å²) in [7, 11) is 1.35. The van der Waals surface area contributed by atoms with Crippen LogP contribution in [-0.2, 0) is 0 Å². The number of carbonyl (C=O) groups is 1. The van der Waals surface area contributed by atoms with Crippen LogP contribution in [0.15, 0.2) is 54.6 Å². The maximum Gasteiger partial charge on any atom is 0.387 e. The number of alkyl halides is 2. The molecule has 28 heavy (non-hydrogen) atoms. The molecule has 3 rings (SSSR count). The molecule has 0 spiro atoms. The molecule has 2 aromatic carbocycles. The van der Waals surface area contributed by atoms with Crippen LogP contribution in [0.5, 0.6) is 11.5 Å². The summed E-state index contributed by atoms with van der Waals surface area (Å²) in [4.78, 5) is 12.8. The monoisotopic (exact) mass is 386 g/mol. The van der Waals surface area contributed by atoms with Crippen LogP contribution in [0.1, 0.15) is 21.7 Å². The van der Waals surface area contributed by atoms with Gasteiger partial charge in [0.15, 0.2) is 11.5 Å². The second kappa shape index (κ2) is 8.12. The predicted molar refractivity (Wildman–Crippen MR) is 103 cm³/mol. The van der Waals surface area contributed by atoms with Crippen LogP contribution < -0.4 is 14.8 Å². The molecule has 0 saturated carbocycles. The molecule has 146 valence electrons. The number of anilines is 1. The molecule has 7 heteroatoms. The Hall–Kier alpha value is -3.35. The summed E-state index contributed by atoms with van der Waals surface area (Å²) >= 11 is 0. The molecule has 0 aliphatic carbocycles. The highest BCUT2D eigenvalue weighted by Crippen LogP contribution is 2.32. The molecule has 0 aliphatic rings. The van der Waals surface area contributed by atoms with Crippen LogP contribution >= 0.6 is 0 Å². The van der Waals surface area contributed by atoms with Crippen molar-refractivity contribution in [1.82, 2.24) is 4.57 Å². The van der Waals surface area contributed by atoms with Gasteiger partial charge in [-0.25, -0.2) is 0 Å². The highest BCUT2D eigenvalue weighted by Gasteiger charge is 2.18. The van der Waals surface area contributed by atoms with E-state index in [4.69, 9.17) is 4.74 Å². The molecule has 5 nitrogen and oxygen atoms in total. The molecule has 0 bridgehead atoms. The molecule has 0 unspecified atom stereocenters. The minimum Gasteiger partial charge on any atom is -0.493 e. The van der Waals surface area contributed by atoms with Gasteiger partial charge in [0.2, 0.25) is 0 Å². The van der Waals surface area contributed by atoms with Gasteiger partial charge in [-0.3, -0.25) is 4.79 Å². The van der Waals surface area contributed by atoms with Gasteiger partial charge in [-0.15, -0.1) is 0 Å². The van der Waals surface area contributed by atoms with E-state index >= 15 is 0 Å². The van der Waals surface area contributed by atoms with Crippen LogP contribution in [0.25, 0.3) is 5.69 Å². The molecule has 0 radical (unpaired) electrons. The van der Waals surface area contributed by atoms with Gasteiger partial charge in [-0.05, 0) is 44.2 Å². The SMILES string of the molecule is COc1ccc(NC(=O)c2cc(C)n(-c3ccccc3)c2C)cc1OC(F)F. The molecule has 0 saturated heterocycles. The Balaban J connectivity index is 1.88. The molecule has 0 atom stereocenters. The lowest BCUT2D eigenvalue weighted by molar-refractivity contribution is -0.0511. The van der Waals surface area contributed by atoms with Gasteiger partial charge in [0.25, 0.3) is 5.91 Å². The number of ether oxygens (including phenoxy) is 2. The fourth-order valence-electron chi connectivity index (χ4n) is 3.11. The third-order valence-corrected chi connectivity index (χ3v) is 4.33. The minimum atomic E-state index is -3.00. The number of rotatable bonds is 6. The molecule has 1 amide bonds. The summed E-state index contributed by atoms with van der Waals surface area (Å²) in [6.45, 7) is 0.775. The molecular weight excluding hydrogens is 366 g/mol. The number of nitrogens with zero attached hydrogens (tertiary/aromatic N) is 1. The van der Waals surface area contributed by atoms with Crippen molar-refractivity contribution in [2.24, 2.45) is 0 Å². The summed E-state index contributed by atoms with van der Waals surface area (Å²) in [6, 6.07) is 15.8. The minimum absolute atomic E-state index is 0.148. The fourth-order valence-corrected chi connectivity index (χ4v) is 3.11. The van der Waals surface area contributed by atoms with Crippen molar-refractivity contribution >= 4 is 11.6 Å². The number of aromatic nitrogens is 1. The summed E-state index contributed by atoms with van der Waals surface area (Å²) in [5, 5.41) is 2.72. The van der Waals surface area contributed by atoms with Gasteiger partial charge < -0.3 is 19.4 Å². The molecule has 3 aromatic rings. The number of aryl methyl sites for hydroxylation is 1. The van der Waals surface area contributed by atoms with Gasteiger partial charge in [-0.1, -0.05) is 18.2 Å².